The molecular weight excluding hydrogens is 915 g/mol. The van der Waals surface area contributed by atoms with E-state index in [1.54, 1.807) is 0 Å². The Bertz CT molecular complexity index is 1380. The van der Waals surface area contributed by atoms with Crippen molar-refractivity contribution in [3.63, 3.8) is 0 Å². The summed E-state index contributed by atoms with van der Waals surface area (Å²) in [6.45, 7) is 2.72. The molecule has 1 rings (SSSR count). The molecule has 0 bridgehead atoms. The van der Waals surface area contributed by atoms with Gasteiger partial charge < -0.3 is 30.2 Å². The normalized spacial score (nSPS) is 13.6. The van der Waals surface area contributed by atoms with Crippen LogP contribution in [0.1, 0.15) is 226 Å². The number of nitrogens with two attached hydrogens (primary N) is 1. The van der Waals surface area contributed by atoms with Crippen molar-refractivity contribution in [1.29, 1.82) is 0 Å². The van der Waals surface area contributed by atoms with Gasteiger partial charge in [-0.3, -0.25) is 28.9 Å². The van der Waals surface area contributed by atoms with E-state index in [1.807, 2.05) is 0 Å². The van der Waals surface area contributed by atoms with Gasteiger partial charge in [-0.15, -0.1) is 0 Å². The van der Waals surface area contributed by atoms with Gasteiger partial charge >= 0.3 is 76.2 Å². The molecule has 0 aromatic carbocycles. The summed E-state index contributed by atoms with van der Waals surface area (Å²) in [5, 5.41) is 18.8. The number of hydrogen-bond acceptors (Lipinski definition) is 12. The van der Waals surface area contributed by atoms with Crippen molar-refractivity contribution in [3.8, 4) is 0 Å². The van der Waals surface area contributed by atoms with Gasteiger partial charge in [0.05, 0.1) is 13.1 Å². The zero-order chi connectivity index (χ0) is 50.3. The van der Waals surface area contributed by atoms with E-state index in [0.717, 1.165) is 81.9 Å². The summed E-state index contributed by atoms with van der Waals surface area (Å²) >= 11 is 0.681. The van der Waals surface area contributed by atoms with Gasteiger partial charge in [0.25, 0.3) is 0 Å². The van der Waals surface area contributed by atoms with E-state index in [2.05, 4.69) is 38.2 Å². The van der Waals surface area contributed by atoms with Crippen molar-refractivity contribution in [2.75, 3.05) is 32.8 Å². The number of aliphatic carboxylic acids is 2. The summed E-state index contributed by atoms with van der Waals surface area (Å²) in [7, 11) is 0. The van der Waals surface area contributed by atoms with Crippen LogP contribution in [0, 0.1) is 0 Å². The van der Waals surface area contributed by atoms with Crippen LogP contribution in [0.3, 0.4) is 0 Å². The third kappa shape index (κ3) is 42.7. The molecule has 2 atom stereocenters. The first-order valence-corrected chi connectivity index (χ1v) is 27.3. The van der Waals surface area contributed by atoms with Crippen molar-refractivity contribution >= 4 is 39.4 Å². The fourth-order valence-electron chi connectivity index (χ4n) is 7.48. The van der Waals surface area contributed by atoms with Gasteiger partial charge in [-0.1, -0.05) is 147 Å². The number of carboxylic acid groups (broad SMARTS) is 2. The van der Waals surface area contributed by atoms with E-state index >= 15 is 0 Å². The van der Waals surface area contributed by atoms with Crippen molar-refractivity contribution in [2.24, 2.45) is 5.73 Å². The Hall–Kier alpha value is -3.42. The summed E-state index contributed by atoms with van der Waals surface area (Å²) in [6.07, 6.45) is 40.2. The van der Waals surface area contributed by atoms with Crippen molar-refractivity contribution in [2.45, 2.75) is 238 Å². The predicted molar refractivity (Wildman–Crippen MR) is 263 cm³/mol. The molecule has 1 unspecified atom stereocenters. The monoisotopic (exact) mass is 1010 g/mol. The molecule has 1 aliphatic rings. The molecule has 1 saturated heterocycles. The molecule has 0 aromatic rings. The summed E-state index contributed by atoms with van der Waals surface area (Å²) < 4.78 is 16.7. The van der Waals surface area contributed by atoms with E-state index in [9.17, 15) is 43.8 Å². The van der Waals surface area contributed by atoms with Crippen LogP contribution in [-0.2, 0) is 62.2 Å². The Labute approximate surface area is 415 Å². The van der Waals surface area contributed by atoms with Crippen LogP contribution in [0.2, 0.25) is 0 Å². The summed E-state index contributed by atoms with van der Waals surface area (Å²) in [6, 6.07) is -1.17. The maximum absolute atomic E-state index is 13.3. The van der Waals surface area contributed by atoms with Gasteiger partial charge in [0.1, 0.15) is 19.3 Å². The minimum atomic E-state index is -1.29. The fraction of sp³-hybridized carbons (Fsp3) is 0.792. The Morgan fingerprint density at radius 1 is 0.559 bits per heavy atom. The first-order valence-electron chi connectivity index (χ1n) is 26.3. The zero-order valence-corrected chi connectivity index (χ0v) is 43.1. The van der Waals surface area contributed by atoms with Crippen LogP contribution in [0.25, 0.3) is 0 Å². The molecule has 0 amide bonds. The van der Waals surface area contributed by atoms with Crippen molar-refractivity contribution < 1.29 is 72.4 Å². The molecule has 0 radical (unpaired) electrons. The molecule has 0 saturated carbocycles. The molecule has 4 N–H and O–H groups in total. The van der Waals surface area contributed by atoms with E-state index in [0.29, 0.717) is 59.5 Å². The van der Waals surface area contributed by atoms with Crippen LogP contribution in [-0.4, -0.2) is 99.5 Å². The number of nitrogens with zero attached hydrogens (tertiary/aromatic N) is 1. The SMILES string of the molecule is CCCCCCCC/C=C\CCCCCCCC(=O)OC[C@H](COC(=O)C(CCCCN)N(CC(=O)O)CC(=O)O)OC(=O)CCCCCCC/C=C\CCCCCCCC.O=[C]1CC[C](=O)[Ni]1. The molecule has 1 aliphatic heterocycles. The Morgan fingerprint density at radius 2 is 0.956 bits per heavy atom. The maximum atomic E-state index is 13.3. The first-order chi connectivity index (χ1) is 32.9. The second kappa shape index (κ2) is 47.3. The predicted octanol–water partition coefficient (Wildman–Crippen LogP) is 10.9. The molecule has 396 valence electrons. The average Bonchev–Trinajstić information content (AvgIpc) is 3.69. The number of hydrogen-bond donors (Lipinski definition) is 3. The third-order valence-electron chi connectivity index (χ3n) is 11.4. The molecule has 14 nitrogen and oxygen atoms in total. The van der Waals surface area contributed by atoms with E-state index in [1.165, 1.54) is 77.0 Å². The van der Waals surface area contributed by atoms with Gasteiger partial charge in [0.2, 0.25) is 0 Å². The molecule has 0 aliphatic carbocycles. The van der Waals surface area contributed by atoms with Crippen LogP contribution in [0.4, 0.5) is 0 Å². The standard InChI is InChI=1S/C49H88N2O10.C4H4O2.Ni/c1-3-5-7-9-11-13-15-17-19-21-23-25-27-29-31-36-47(56)59-41-43(42-60-49(58)44(35-33-34-38-50)51(39-45(52)53)40-46(54)55)61-48(57)37-32-30-28-26-24-22-20-18-16-14-12-10-8-6-4-2;5-3-1-2-4-6;/h17-20,43-44H,3-16,21-42,50H2,1-2H3,(H,52,53)(H,54,55);1-2H2;/b19-17-,20-18-;;/t43-,44?;;/m1../s1. The van der Waals surface area contributed by atoms with Gasteiger partial charge in [-0.2, -0.15) is 0 Å². The van der Waals surface area contributed by atoms with E-state index in [-0.39, 0.29) is 35.4 Å². The van der Waals surface area contributed by atoms with Gasteiger partial charge in [0, 0.05) is 12.8 Å². The molecule has 68 heavy (non-hydrogen) atoms. The van der Waals surface area contributed by atoms with Crippen LogP contribution in [0.5, 0.6) is 0 Å². The number of carboxylic acids is 2. The topological polar surface area (TPSA) is 217 Å². The second-order valence-electron chi connectivity index (χ2n) is 17.8. The number of carbonyl (C=O) groups excluding carboxylic acids is 5. The molecule has 0 aromatic heterocycles. The van der Waals surface area contributed by atoms with Crippen LogP contribution in [0.15, 0.2) is 24.3 Å². The third-order valence-corrected chi connectivity index (χ3v) is 12.5. The summed E-state index contributed by atoms with van der Waals surface area (Å²) in [5.41, 5.74) is 5.61. The number of carbonyl (C=O) groups is 7. The second-order valence-corrected chi connectivity index (χ2v) is 19.2. The zero-order valence-electron chi connectivity index (χ0n) is 42.2. The minimum absolute atomic E-state index is 0.0394. The molecule has 15 heteroatoms. The summed E-state index contributed by atoms with van der Waals surface area (Å²) in [5.74, 6) is -4.37. The Kier molecular flexibility index (Phi) is 44.9. The molecule has 1 heterocycles. The first kappa shape index (κ1) is 64.6. The van der Waals surface area contributed by atoms with Crippen LogP contribution < -0.4 is 5.73 Å². The number of esters is 3. The molecule has 0 spiro atoms. The van der Waals surface area contributed by atoms with Gasteiger partial charge in [-0.05, 0) is 83.6 Å². The van der Waals surface area contributed by atoms with E-state index < -0.39 is 61.7 Å². The fourth-order valence-corrected chi connectivity index (χ4v) is 8.29. The van der Waals surface area contributed by atoms with Crippen LogP contribution >= 0.6 is 0 Å². The van der Waals surface area contributed by atoms with E-state index in [4.69, 9.17) is 19.9 Å². The molecule has 1 fully saturated rings. The Morgan fingerprint density at radius 3 is 1.35 bits per heavy atom. The Balaban J connectivity index is 0.00000582. The molecular formula is C53H92N2NiO12. The van der Waals surface area contributed by atoms with Gasteiger partial charge in [-0.25, -0.2) is 0 Å². The number of ether oxygens (including phenoxy) is 3. The van der Waals surface area contributed by atoms with Crippen molar-refractivity contribution in [1.82, 2.24) is 4.90 Å². The number of allylic oxidation sites excluding steroid dienone is 4. The number of unbranched alkanes of at least 4 members (excludes halogenated alkanes) is 23. The average molecular weight is 1010 g/mol. The van der Waals surface area contributed by atoms with Crippen molar-refractivity contribution in [3.05, 3.63) is 24.3 Å². The quantitative estimate of drug-likeness (QED) is 0.0170. The number of rotatable bonds is 45. The summed E-state index contributed by atoms with van der Waals surface area (Å²) in [4.78, 5) is 83.4. The van der Waals surface area contributed by atoms with Gasteiger partial charge in [0.15, 0.2) is 6.10 Å².